The summed E-state index contributed by atoms with van der Waals surface area (Å²) in [6.45, 7) is 1.51. The summed E-state index contributed by atoms with van der Waals surface area (Å²) in [7, 11) is 0. The van der Waals surface area contributed by atoms with Gasteiger partial charge in [0.15, 0.2) is 10.9 Å². The first-order valence-electron chi connectivity index (χ1n) is 6.58. The Labute approximate surface area is 127 Å². The van der Waals surface area contributed by atoms with Crippen molar-refractivity contribution in [1.29, 1.82) is 0 Å². The van der Waals surface area contributed by atoms with E-state index in [2.05, 4.69) is 4.84 Å². The lowest BCUT2D eigenvalue weighted by atomic mass is 10.0. The Bertz CT molecular complexity index is 518. The second-order valence-corrected chi connectivity index (χ2v) is 5.60. The number of ketones is 1. The summed E-state index contributed by atoms with van der Waals surface area (Å²) in [5, 5.41) is 9.07. The summed E-state index contributed by atoms with van der Waals surface area (Å²) in [6, 6.07) is 7.02. The van der Waals surface area contributed by atoms with E-state index in [1.165, 1.54) is 6.92 Å². The zero-order chi connectivity index (χ0) is 15.7. The summed E-state index contributed by atoms with van der Waals surface area (Å²) in [5.41, 5.74) is 0.555. The molecule has 0 spiro atoms. The van der Waals surface area contributed by atoms with Crippen LogP contribution in [-0.2, 0) is 9.63 Å². The van der Waals surface area contributed by atoms with Gasteiger partial charge < -0.3 is 4.84 Å². The van der Waals surface area contributed by atoms with Gasteiger partial charge in [-0.05, 0) is 18.9 Å². The van der Waals surface area contributed by atoms with E-state index in [0.29, 0.717) is 36.1 Å². The van der Waals surface area contributed by atoms with E-state index in [1.54, 1.807) is 24.3 Å². The number of hydrogen-bond acceptors (Lipinski definition) is 6. The number of unbranched alkanes of at least 4 members (excludes halogenated alkanes) is 2. The number of carbonyl (C=O) groups excluding carboxylic acids is 2. The van der Waals surface area contributed by atoms with Crippen LogP contribution in [0, 0.1) is 10.1 Å². The molecule has 7 heteroatoms. The topological polar surface area (TPSA) is 86.5 Å². The zero-order valence-corrected chi connectivity index (χ0v) is 12.6. The predicted molar refractivity (Wildman–Crippen MR) is 78.7 cm³/mol. The lowest BCUT2D eigenvalue weighted by molar-refractivity contribution is -0.757. The van der Waals surface area contributed by atoms with Gasteiger partial charge in [0.2, 0.25) is 0 Å². The molecule has 0 aliphatic heterocycles. The maximum absolute atomic E-state index is 12.1. The fraction of sp³-hybridized carbons (Fsp3) is 0.429. The molecule has 0 N–H and O–H groups in total. The first-order chi connectivity index (χ1) is 10.0. The molecule has 1 aromatic rings. The van der Waals surface area contributed by atoms with Crippen LogP contribution < -0.4 is 0 Å². The maximum Gasteiger partial charge on any atom is 0.294 e. The van der Waals surface area contributed by atoms with Gasteiger partial charge >= 0.3 is 0 Å². The quantitative estimate of drug-likeness (QED) is 0.229. The first-order valence-corrected chi connectivity index (χ1v) is 7.40. The highest BCUT2D eigenvalue weighted by atomic mass is 32.2. The fourth-order valence-electron chi connectivity index (χ4n) is 1.78. The van der Waals surface area contributed by atoms with Gasteiger partial charge in [0.25, 0.3) is 5.09 Å². The van der Waals surface area contributed by atoms with Crippen molar-refractivity contribution in [2.45, 2.75) is 37.5 Å². The van der Waals surface area contributed by atoms with Gasteiger partial charge in [-0.3, -0.25) is 9.59 Å². The van der Waals surface area contributed by atoms with Crippen molar-refractivity contribution in [3.63, 3.8) is 0 Å². The molecule has 1 rings (SSSR count). The monoisotopic (exact) mass is 311 g/mol. The molecule has 0 aromatic heterocycles. The van der Waals surface area contributed by atoms with Gasteiger partial charge in [-0.1, -0.05) is 36.4 Å². The Kier molecular flexibility index (Phi) is 7.45. The molecule has 0 heterocycles. The lowest BCUT2D eigenvalue weighted by Crippen LogP contribution is -2.04. The summed E-state index contributed by atoms with van der Waals surface area (Å²) >= 11 is 1.05. The van der Waals surface area contributed by atoms with Gasteiger partial charge in [-0.25, -0.2) is 0 Å². The highest BCUT2D eigenvalue weighted by Crippen LogP contribution is 2.24. The van der Waals surface area contributed by atoms with E-state index in [1.807, 2.05) is 0 Å². The molecular weight excluding hydrogens is 294 g/mol. The van der Waals surface area contributed by atoms with Crippen molar-refractivity contribution in [2.24, 2.45) is 0 Å². The van der Waals surface area contributed by atoms with Crippen molar-refractivity contribution in [1.82, 2.24) is 0 Å². The first kappa shape index (κ1) is 17.2. The van der Waals surface area contributed by atoms with Gasteiger partial charge in [0.05, 0.1) is 6.61 Å². The number of thioether (sulfide) groups is 1. The Balaban J connectivity index is 2.41. The summed E-state index contributed by atoms with van der Waals surface area (Å²) in [6.07, 6.45) is 2.21. The lowest BCUT2D eigenvalue weighted by Gasteiger charge is -2.06. The molecule has 0 amide bonds. The molecule has 1 aromatic carbocycles. The molecule has 0 fully saturated rings. The molecule has 0 aliphatic rings. The van der Waals surface area contributed by atoms with Gasteiger partial charge in [0, 0.05) is 23.8 Å². The van der Waals surface area contributed by atoms with Crippen molar-refractivity contribution < 1.29 is 19.5 Å². The second kappa shape index (κ2) is 9.12. The molecule has 0 radical (unpaired) electrons. The number of nitrogens with zero attached hydrogens (tertiary/aromatic N) is 1. The largest absolute Gasteiger partial charge is 0.314 e. The Morgan fingerprint density at radius 3 is 2.62 bits per heavy atom. The molecular formula is C14H17NO5S. The average molecular weight is 311 g/mol. The summed E-state index contributed by atoms with van der Waals surface area (Å²) < 4.78 is 0. The second-order valence-electron chi connectivity index (χ2n) is 4.38. The van der Waals surface area contributed by atoms with Crippen LogP contribution in [0.2, 0.25) is 0 Å². The number of hydrogen-bond donors (Lipinski definition) is 0. The van der Waals surface area contributed by atoms with Gasteiger partial charge in [-0.2, -0.15) is 0 Å². The molecule has 0 saturated carbocycles. The van der Waals surface area contributed by atoms with Gasteiger partial charge in [-0.15, -0.1) is 10.1 Å². The number of Topliss-reactive ketones (excluding diaryl/α,β-unsaturated/α-hetero) is 1. The van der Waals surface area contributed by atoms with Crippen molar-refractivity contribution in [3.8, 4) is 0 Å². The van der Waals surface area contributed by atoms with Crippen LogP contribution in [0.3, 0.4) is 0 Å². The Morgan fingerprint density at radius 1 is 1.24 bits per heavy atom. The molecule has 0 saturated heterocycles. The minimum Gasteiger partial charge on any atom is -0.314 e. The van der Waals surface area contributed by atoms with Gasteiger partial charge in [0.1, 0.15) is 0 Å². The molecule has 21 heavy (non-hydrogen) atoms. The molecule has 6 nitrogen and oxygen atoms in total. The molecule has 0 bridgehead atoms. The molecule has 0 aliphatic carbocycles. The smallest absolute Gasteiger partial charge is 0.294 e. The highest BCUT2D eigenvalue weighted by Gasteiger charge is 2.12. The molecule has 114 valence electrons. The average Bonchev–Trinajstić information content (AvgIpc) is 2.42. The van der Waals surface area contributed by atoms with Crippen LogP contribution >= 0.6 is 11.8 Å². The SMILES string of the molecule is CC(=O)Sc1ccccc1C(=O)CCCCCO[N+](=O)[O-]. The van der Waals surface area contributed by atoms with Crippen LogP contribution in [0.15, 0.2) is 29.2 Å². The molecule has 0 atom stereocenters. The Morgan fingerprint density at radius 2 is 1.95 bits per heavy atom. The van der Waals surface area contributed by atoms with E-state index in [-0.39, 0.29) is 17.5 Å². The van der Waals surface area contributed by atoms with E-state index in [4.69, 9.17) is 0 Å². The van der Waals surface area contributed by atoms with E-state index >= 15 is 0 Å². The number of carbonyl (C=O) groups is 2. The summed E-state index contributed by atoms with van der Waals surface area (Å²) in [5.74, 6) is -0.0189. The van der Waals surface area contributed by atoms with Crippen LogP contribution in [0.25, 0.3) is 0 Å². The van der Waals surface area contributed by atoms with Crippen molar-refractivity contribution in [3.05, 3.63) is 39.9 Å². The third kappa shape index (κ3) is 6.89. The highest BCUT2D eigenvalue weighted by molar-refractivity contribution is 8.13. The Hall–Kier alpha value is -1.89. The standard InChI is InChI=1S/C14H17NO5S/c1-11(16)21-14-9-5-4-7-12(14)13(17)8-3-2-6-10-20-15(18)19/h4-5,7,9H,2-3,6,8,10H2,1H3. The zero-order valence-electron chi connectivity index (χ0n) is 11.7. The molecule has 0 unspecified atom stereocenters. The van der Waals surface area contributed by atoms with E-state index in [0.717, 1.165) is 11.8 Å². The number of benzene rings is 1. The normalized spacial score (nSPS) is 10.1. The van der Waals surface area contributed by atoms with Crippen molar-refractivity contribution in [2.75, 3.05) is 6.61 Å². The third-order valence-electron chi connectivity index (χ3n) is 2.69. The van der Waals surface area contributed by atoms with Crippen LogP contribution in [0.4, 0.5) is 0 Å². The summed E-state index contributed by atoms with van der Waals surface area (Å²) in [4.78, 5) is 38.1. The van der Waals surface area contributed by atoms with E-state index in [9.17, 15) is 19.7 Å². The minimum atomic E-state index is -0.819. The van der Waals surface area contributed by atoms with Crippen LogP contribution in [-0.4, -0.2) is 22.6 Å². The maximum atomic E-state index is 12.1. The predicted octanol–water partition coefficient (Wildman–Crippen LogP) is 3.28. The fourth-order valence-corrected chi connectivity index (χ4v) is 2.53. The minimum absolute atomic E-state index is 0.0189. The third-order valence-corrected chi connectivity index (χ3v) is 3.55. The van der Waals surface area contributed by atoms with Crippen LogP contribution in [0.5, 0.6) is 0 Å². The van der Waals surface area contributed by atoms with Crippen molar-refractivity contribution >= 4 is 22.7 Å². The van der Waals surface area contributed by atoms with E-state index < -0.39 is 5.09 Å². The number of rotatable bonds is 9. The van der Waals surface area contributed by atoms with Crippen LogP contribution in [0.1, 0.15) is 43.0 Å².